The Morgan fingerprint density at radius 2 is 2.19 bits per heavy atom. The maximum Gasteiger partial charge on any atom is 0.142 e. The van der Waals surface area contributed by atoms with Gasteiger partial charge in [-0.15, -0.1) is 0 Å². The molecule has 0 fully saturated rings. The Bertz CT molecular complexity index is 847. The van der Waals surface area contributed by atoms with E-state index in [1.54, 1.807) is 23.9 Å². The van der Waals surface area contributed by atoms with Crippen LogP contribution in [-0.2, 0) is 0 Å². The molecule has 0 aliphatic carbocycles. The van der Waals surface area contributed by atoms with Crippen LogP contribution >= 0.6 is 11.6 Å². The fraction of sp³-hybridized carbons (Fsp3) is 0.188. The number of ether oxygens (including phenoxy) is 1. The Hall–Kier alpha value is -2.07. The minimum Gasteiger partial charge on any atom is -0.496 e. The molecule has 3 nitrogen and oxygen atoms in total. The van der Waals surface area contributed by atoms with Crippen LogP contribution in [0.3, 0.4) is 0 Å². The topological polar surface area (TPSA) is 27.1 Å². The van der Waals surface area contributed by atoms with Gasteiger partial charge >= 0.3 is 0 Å². The second-order valence-electron chi connectivity index (χ2n) is 4.63. The molecule has 0 radical (unpaired) electrons. The summed E-state index contributed by atoms with van der Waals surface area (Å²) < 4.78 is 29.6. The van der Waals surface area contributed by atoms with Crippen LogP contribution in [0.1, 0.15) is 19.9 Å². The van der Waals surface area contributed by atoms with Crippen molar-refractivity contribution in [2.45, 2.75) is 12.9 Å². The van der Waals surface area contributed by atoms with Gasteiger partial charge in [0, 0.05) is 23.3 Å². The quantitative estimate of drug-likeness (QED) is 0.715. The Morgan fingerprint density at radius 1 is 1.38 bits per heavy atom. The molecule has 1 aromatic carbocycles. The lowest BCUT2D eigenvalue weighted by molar-refractivity contribution is 0.402. The van der Waals surface area contributed by atoms with Crippen molar-refractivity contribution >= 4 is 22.6 Å². The fourth-order valence-corrected chi connectivity index (χ4v) is 2.69. The Morgan fingerprint density at radius 3 is 2.95 bits per heavy atom. The molecule has 0 unspecified atom stereocenters. The molecule has 0 aliphatic heterocycles. The summed E-state index contributed by atoms with van der Waals surface area (Å²) in [5.74, 6) is -0.220. The average molecular weight is 306 g/mol. The maximum atomic E-state index is 13.9. The van der Waals surface area contributed by atoms with E-state index in [1.807, 2.05) is 18.2 Å². The summed E-state index contributed by atoms with van der Waals surface area (Å²) in [7, 11) is 1.47. The first kappa shape index (κ1) is 12.7. The highest BCUT2D eigenvalue weighted by molar-refractivity contribution is 6.31. The van der Waals surface area contributed by atoms with Crippen molar-refractivity contribution in [3.8, 4) is 5.75 Å². The van der Waals surface area contributed by atoms with Crippen molar-refractivity contribution in [1.29, 1.82) is 0 Å². The van der Waals surface area contributed by atoms with Gasteiger partial charge in [0.1, 0.15) is 17.2 Å². The minimum atomic E-state index is -1.37. The molecule has 3 rings (SSSR count). The van der Waals surface area contributed by atoms with Crippen LogP contribution in [0.25, 0.3) is 11.0 Å². The predicted octanol–water partition coefficient (Wildman–Crippen LogP) is 4.45. The third kappa shape index (κ3) is 2.25. The lowest BCUT2D eigenvalue weighted by Crippen LogP contribution is -2.09. The van der Waals surface area contributed by atoms with Gasteiger partial charge in [-0.05, 0) is 37.3 Å². The van der Waals surface area contributed by atoms with Crippen molar-refractivity contribution in [2.75, 3.05) is 7.11 Å². The second kappa shape index (κ2) is 5.37. The highest BCUT2D eigenvalue weighted by Crippen LogP contribution is 2.37. The average Bonchev–Trinajstić information content (AvgIpc) is 2.94. The van der Waals surface area contributed by atoms with E-state index in [0.717, 1.165) is 5.39 Å². The molecular formula is C16H14ClFN2O. The molecule has 3 aromatic rings. The van der Waals surface area contributed by atoms with Crippen LogP contribution in [0.4, 0.5) is 4.39 Å². The molecule has 0 spiro atoms. The van der Waals surface area contributed by atoms with E-state index >= 15 is 0 Å². The molecular weight excluding hydrogens is 291 g/mol. The molecule has 21 heavy (non-hydrogen) atoms. The zero-order valence-electron chi connectivity index (χ0n) is 12.6. The standard InChI is InChI=1S/C16H14ClFN2O/c1-10(14-13(21-2)6-5-12(18)15(14)17)20-9-7-11-4-3-8-19-16(11)20/h3-10H,1-2H3/t10-/m0/s1/i10D. The van der Waals surface area contributed by atoms with Crippen molar-refractivity contribution in [3.05, 3.63) is 59.1 Å². The molecule has 0 saturated carbocycles. The molecule has 0 bridgehead atoms. The normalized spacial score (nSPS) is 14.8. The number of hydrogen-bond donors (Lipinski definition) is 0. The van der Waals surface area contributed by atoms with Crippen LogP contribution < -0.4 is 4.74 Å². The first-order valence-electron chi connectivity index (χ1n) is 6.92. The van der Waals surface area contributed by atoms with Gasteiger partial charge in [0.15, 0.2) is 0 Å². The van der Waals surface area contributed by atoms with E-state index in [9.17, 15) is 4.39 Å². The van der Waals surface area contributed by atoms with Gasteiger partial charge in [0.2, 0.25) is 0 Å². The fourth-order valence-electron chi connectivity index (χ4n) is 2.40. The first-order valence-corrected chi connectivity index (χ1v) is 6.79. The van der Waals surface area contributed by atoms with Crippen LogP contribution in [0.5, 0.6) is 5.75 Å². The Balaban J connectivity index is 2.28. The van der Waals surface area contributed by atoms with Gasteiger partial charge < -0.3 is 9.30 Å². The van der Waals surface area contributed by atoms with Crippen molar-refractivity contribution in [2.24, 2.45) is 0 Å². The number of hydrogen-bond acceptors (Lipinski definition) is 2. The van der Waals surface area contributed by atoms with Gasteiger partial charge in [-0.3, -0.25) is 0 Å². The van der Waals surface area contributed by atoms with Crippen LogP contribution in [0, 0.1) is 5.82 Å². The molecule has 5 heteroatoms. The molecule has 0 aliphatic rings. The summed E-state index contributed by atoms with van der Waals surface area (Å²) in [5, 5.41) is 0.780. The van der Waals surface area contributed by atoms with E-state index in [4.69, 9.17) is 17.7 Å². The molecule has 0 N–H and O–H groups in total. The maximum absolute atomic E-state index is 13.9. The zero-order chi connectivity index (χ0) is 15.9. The highest BCUT2D eigenvalue weighted by atomic mass is 35.5. The monoisotopic (exact) mass is 305 g/mol. The summed E-state index contributed by atoms with van der Waals surface area (Å²) >= 11 is 6.12. The Labute approximate surface area is 128 Å². The second-order valence-corrected chi connectivity index (χ2v) is 5.00. The molecule has 0 amide bonds. The number of aromatic nitrogens is 2. The highest BCUT2D eigenvalue weighted by Gasteiger charge is 2.21. The lowest BCUT2D eigenvalue weighted by atomic mass is 10.1. The number of halogens is 2. The van der Waals surface area contributed by atoms with Crippen LogP contribution in [-0.4, -0.2) is 16.7 Å². The summed E-state index contributed by atoms with van der Waals surface area (Å²) in [6.07, 6.45) is 3.39. The predicted molar refractivity (Wildman–Crippen MR) is 81.5 cm³/mol. The summed E-state index contributed by atoms with van der Waals surface area (Å²) in [6.45, 7) is 1.63. The van der Waals surface area contributed by atoms with E-state index < -0.39 is 11.8 Å². The zero-order valence-corrected chi connectivity index (χ0v) is 12.4. The van der Waals surface area contributed by atoms with Crippen molar-refractivity contribution in [3.63, 3.8) is 0 Å². The largest absolute Gasteiger partial charge is 0.496 e. The number of fused-ring (bicyclic) bond motifs is 1. The molecule has 2 aromatic heterocycles. The van der Waals surface area contributed by atoms with Crippen molar-refractivity contribution < 1.29 is 10.5 Å². The van der Waals surface area contributed by atoms with Gasteiger partial charge in [-0.1, -0.05) is 11.6 Å². The molecule has 108 valence electrons. The smallest absolute Gasteiger partial charge is 0.142 e. The number of benzene rings is 1. The van der Waals surface area contributed by atoms with Gasteiger partial charge in [0.05, 0.1) is 19.5 Å². The number of nitrogens with zero attached hydrogens (tertiary/aromatic N) is 2. The summed E-state index contributed by atoms with van der Waals surface area (Å²) in [5.41, 5.74) is 0.891. The Kier molecular flexibility index (Phi) is 3.24. The van der Waals surface area contributed by atoms with Gasteiger partial charge in [-0.2, -0.15) is 0 Å². The molecule has 2 heterocycles. The SMILES string of the molecule is [2H][C@](C)(c1c(OC)ccc(F)c1Cl)n1ccc2cccnc21. The van der Waals surface area contributed by atoms with Crippen molar-refractivity contribution in [1.82, 2.24) is 9.55 Å². The number of pyridine rings is 1. The van der Waals surface area contributed by atoms with E-state index in [2.05, 4.69) is 4.98 Å². The van der Waals surface area contributed by atoms with Gasteiger partial charge in [-0.25, -0.2) is 9.37 Å². The van der Waals surface area contributed by atoms with E-state index in [1.165, 1.54) is 19.2 Å². The third-order valence-corrected chi connectivity index (χ3v) is 3.82. The molecule has 0 saturated heterocycles. The minimum absolute atomic E-state index is 0.116. The van der Waals surface area contributed by atoms with E-state index in [0.29, 0.717) is 11.4 Å². The summed E-state index contributed by atoms with van der Waals surface area (Å²) in [4.78, 5) is 4.31. The first-order chi connectivity index (χ1) is 10.5. The van der Waals surface area contributed by atoms with E-state index in [-0.39, 0.29) is 10.6 Å². The lowest BCUT2D eigenvalue weighted by Gasteiger charge is -2.19. The number of methoxy groups -OCH3 is 1. The summed E-state index contributed by atoms with van der Waals surface area (Å²) in [6, 6.07) is 6.91. The van der Waals surface area contributed by atoms with Gasteiger partial charge in [0.25, 0.3) is 0 Å². The van der Waals surface area contributed by atoms with Crippen LogP contribution in [0.15, 0.2) is 42.7 Å². The molecule has 1 atom stereocenters. The number of rotatable bonds is 3. The third-order valence-electron chi connectivity index (χ3n) is 3.45. The van der Waals surface area contributed by atoms with Crippen LogP contribution in [0.2, 0.25) is 5.02 Å².